The summed E-state index contributed by atoms with van der Waals surface area (Å²) in [5.74, 6) is 0. The van der Waals surface area contributed by atoms with Crippen molar-refractivity contribution in [3.63, 3.8) is 0 Å². The number of benzene rings is 1. The van der Waals surface area contributed by atoms with Crippen molar-refractivity contribution in [2.45, 2.75) is 45.8 Å². The van der Waals surface area contributed by atoms with Gasteiger partial charge in [-0.1, -0.05) is 19.1 Å². The Labute approximate surface area is 104 Å². The van der Waals surface area contributed by atoms with Crippen LogP contribution < -0.4 is 5.73 Å². The minimum atomic E-state index is -0.0311. The lowest BCUT2D eigenvalue weighted by atomic mass is 10.1. The van der Waals surface area contributed by atoms with Gasteiger partial charge in [-0.2, -0.15) is 5.26 Å². The van der Waals surface area contributed by atoms with Gasteiger partial charge in [-0.05, 0) is 38.0 Å². The highest BCUT2D eigenvalue weighted by atomic mass is 15.2. The number of hydrogen-bond donors (Lipinski definition) is 1. The molecule has 0 spiro atoms. The van der Waals surface area contributed by atoms with Gasteiger partial charge in [-0.25, -0.2) is 0 Å². The third-order valence-corrected chi connectivity index (χ3v) is 2.92. The third-order valence-electron chi connectivity index (χ3n) is 2.92. The van der Waals surface area contributed by atoms with Crippen molar-refractivity contribution in [2.75, 3.05) is 5.73 Å². The molecule has 0 aromatic heterocycles. The zero-order valence-corrected chi connectivity index (χ0v) is 10.9. The Hall–Kier alpha value is -1.53. The molecule has 17 heavy (non-hydrogen) atoms. The largest absolute Gasteiger partial charge is 0.399 e. The Morgan fingerprint density at radius 1 is 1.41 bits per heavy atom. The quantitative estimate of drug-likeness (QED) is 0.793. The number of nitrogens with zero attached hydrogens (tertiary/aromatic N) is 2. The maximum atomic E-state index is 9.16. The molecule has 0 radical (unpaired) electrons. The van der Waals surface area contributed by atoms with Crippen LogP contribution in [0.3, 0.4) is 0 Å². The molecule has 1 unspecified atom stereocenters. The summed E-state index contributed by atoms with van der Waals surface area (Å²) in [5, 5.41) is 9.16. The molecule has 0 aliphatic rings. The van der Waals surface area contributed by atoms with Crippen LogP contribution in [0.1, 0.15) is 32.8 Å². The lowest BCUT2D eigenvalue weighted by Crippen LogP contribution is -2.38. The summed E-state index contributed by atoms with van der Waals surface area (Å²) in [6, 6.07) is 10.5. The smallest absolute Gasteiger partial charge is 0.0980 e. The van der Waals surface area contributed by atoms with Crippen molar-refractivity contribution in [2.24, 2.45) is 0 Å². The highest BCUT2D eigenvalue weighted by molar-refractivity contribution is 5.40. The van der Waals surface area contributed by atoms with Crippen LogP contribution in [0.5, 0.6) is 0 Å². The van der Waals surface area contributed by atoms with Gasteiger partial charge >= 0.3 is 0 Å². The van der Waals surface area contributed by atoms with E-state index in [9.17, 15) is 0 Å². The van der Waals surface area contributed by atoms with Crippen molar-refractivity contribution in [1.82, 2.24) is 4.90 Å². The Kier molecular flexibility index (Phi) is 4.99. The standard InChI is InChI=1S/C14H21N3/c1-4-14(9-15)17(11(2)3)10-12-6-5-7-13(16)8-12/h5-8,11,14H,4,10,16H2,1-3H3. The van der Waals surface area contributed by atoms with Crippen molar-refractivity contribution in [1.29, 1.82) is 5.26 Å². The molecule has 0 aliphatic carbocycles. The number of rotatable bonds is 5. The zero-order valence-electron chi connectivity index (χ0n) is 10.9. The molecule has 2 N–H and O–H groups in total. The average Bonchev–Trinajstić information content (AvgIpc) is 2.29. The molecule has 0 fully saturated rings. The summed E-state index contributed by atoms with van der Waals surface area (Å²) in [6.07, 6.45) is 0.844. The molecule has 92 valence electrons. The van der Waals surface area contributed by atoms with E-state index < -0.39 is 0 Å². The number of nitrogens with two attached hydrogens (primary N) is 1. The van der Waals surface area contributed by atoms with Crippen molar-refractivity contribution in [3.05, 3.63) is 29.8 Å². The molecular formula is C14H21N3. The second kappa shape index (κ2) is 6.27. The third kappa shape index (κ3) is 3.76. The fourth-order valence-corrected chi connectivity index (χ4v) is 1.95. The number of anilines is 1. The summed E-state index contributed by atoms with van der Waals surface area (Å²) >= 11 is 0. The van der Waals surface area contributed by atoms with Gasteiger partial charge in [0, 0.05) is 18.3 Å². The van der Waals surface area contributed by atoms with Crippen LogP contribution in [0.25, 0.3) is 0 Å². The molecule has 1 aromatic carbocycles. The van der Waals surface area contributed by atoms with E-state index in [-0.39, 0.29) is 6.04 Å². The first kappa shape index (κ1) is 13.5. The Balaban J connectivity index is 2.84. The van der Waals surface area contributed by atoms with Gasteiger partial charge in [0.15, 0.2) is 0 Å². The molecule has 0 aliphatic heterocycles. The van der Waals surface area contributed by atoms with E-state index in [1.54, 1.807) is 0 Å². The molecule has 0 heterocycles. The van der Waals surface area contributed by atoms with Gasteiger partial charge in [0.2, 0.25) is 0 Å². The number of nitriles is 1. The van der Waals surface area contributed by atoms with Crippen molar-refractivity contribution < 1.29 is 0 Å². The second-order valence-corrected chi connectivity index (χ2v) is 4.56. The fourth-order valence-electron chi connectivity index (χ4n) is 1.95. The first-order chi connectivity index (χ1) is 8.08. The maximum absolute atomic E-state index is 9.16. The van der Waals surface area contributed by atoms with E-state index in [0.717, 1.165) is 24.2 Å². The summed E-state index contributed by atoms with van der Waals surface area (Å²) in [4.78, 5) is 2.20. The average molecular weight is 231 g/mol. The zero-order chi connectivity index (χ0) is 12.8. The molecule has 0 bridgehead atoms. The Bertz CT molecular complexity index is 393. The Morgan fingerprint density at radius 2 is 2.12 bits per heavy atom. The number of hydrogen-bond acceptors (Lipinski definition) is 3. The lowest BCUT2D eigenvalue weighted by molar-refractivity contribution is 0.173. The second-order valence-electron chi connectivity index (χ2n) is 4.56. The van der Waals surface area contributed by atoms with Crippen molar-refractivity contribution >= 4 is 5.69 Å². The molecule has 1 aromatic rings. The molecule has 0 saturated heterocycles. The van der Waals surface area contributed by atoms with Crippen LogP contribution >= 0.6 is 0 Å². The van der Waals surface area contributed by atoms with Gasteiger partial charge in [0.05, 0.1) is 12.1 Å². The van der Waals surface area contributed by atoms with Crippen LogP contribution in [-0.4, -0.2) is 17.0 Å². The first-order valence-electron chi connectivity index (χ1n) is 6.08. The van der Waals surface area contributed by atoms with Crippen LogP contribution in [0.15, 0.2) is 24.3 Å². The van der Waals surface area contributed by atoms with E-state index in [1.807, 2.05) is 25.1 Å². The van der Waals surface area contributed by atoms with Crippen LogP contribution in [0, 0.1) is 11.3 Å². The minimum Gasteiger partial charge on any atom is -0.399 e. The van der Waals surface area contributed by atoms with Crippen LogP contribution in [0.4, 0.5) is 5.69 Å². The highest BCUT2D eigenvalue weighted by Crippen LogP contribution is 2.15. The summed E-state index contributed by atoms with van der Waals surface area (Å²) in [6.45, 7) is 7.05. The molecule has 3 heteroatoms. The van der Waals surface area contributed by atoms with Crippen LogP contribution in [0.2, 0.25) is 0 Å². The van der Waals surface area contributed by atoms with E-state index >= 15 is 0 Å². The molecule has 0 amide bonds. The Morgan fingerprint density at radius 3 is 2.59 bits per heavy atom. The fraction of sp³-hybridized carbons (Fsp3) is 0.500. The van der Waals surface area contributed by atoms with Crippen LogP contribution in [-0.2, 0) is 6.54 Å². The minimum absolute atomic E-state index is 0.0311. The SMILES string of the molecule is CCC(C#N)N(Cc1cccc(N)c1)C(C)C. The molecule has 1 rings (SSSR count). The molecule has 1 atom stereocenters. The summed E-state index contributed by atoms with van der Waals surface area (Å²) in [5.41, 5.74) is 7.70. The first-order valence-corrected chi connectivity index (χ1v) is 6.08. The van der Waals surface area contributed by atoms with E-state index in [1.165, 1.54) is 0 Å². The summed E-state index contributed by atoms with van der Waals surface area (Å²) in [7, 11) is 0. The van der Waals surface area contributed by atoms with E-state index in [0.29, 0.717) is 6.04 Å². The monoisotopic (exact) mass is 231 g/mol. The van der Waals surface area contributed by atoms with E-state index in [4.69, 9.17) is 11.0 Å². The van der Waals surface area contributed by atoms with E-state index in [2.05, 4.69) is 30.9 Å². The lowest BCUT2D eigenvalue weighted by Gasteiger charge is -2.30. The summed E-state index contributed by atoms with van der Waals surface area (Å²) < 4.78 is 0. The van der Waals surface area contributed by atoms with Gasteiger partial charge in [0.1, 0.15) is 0 Å². The predicted octanol–water partition coefficient (Wildman–Crippen LogP) is 2.78. The van der Waals surface area contributed by atoms with Gasteiger partial charge in [0.25, 0.3) is 0 Å². The molecular weight excluding hydrogens is 210 g/mol. The normalized spacial score (nSPS) is 12.7. The topological polar surface area (TPSA) is 53.0 Å². The van der Waals surface area contributed by atoms with Gasteiger partial charge in [-0.15, -0.1) is 0 Å². The molecule has 0 saturated carbocycles. The maximum Gasteiger partial charge on any atom is 0.0980 e. The number of nitrogen functional groups attached to an aromatic ring is 1. The predicted molar refractivity (Wildman–Crippen MR) is 71.2 cm³/mol. The van der Waals surface area contributed by atoms with Gasteiger partial charge in [-0.3, -0.25) is 4.90 Å². The van der Waals surface area contributed by atoms with Gasteiger partial charge < -0.3 is 5.73 Å². The highest BCUT2D eigenvalue weighted by Gasteiger charge is 2.19. The molecule has 3 nitrogen and oxygen atoms in total. The van der Waals surface area contributed by atoms with Crippen molar-refractivity contribution in [3.8, 4) is 6.07 Å².